The molecule has 1 aliphatic heterocycles. The largest absolute Gasteiger partial charge is 0.347 e. The second-order valence-corrected chi connectivity index (χ2v) is 5.74. The van der Waals surface area contributed by atoms with Gasteiger partial charge in [0.25, 0.3) is 5.91 Å². The molecule has 0 aromatic heterocycles. The maximum absolute atomic E-state index is 11.7. The van der Waals surface area contributed by atoms with Crippen molar-refractivity contribution in [3.63, 3.8) is 0 Å². The van der Waals surface area contributed by atoms with Crippen molar-refractivity contribution in [2.45, 2.75) is 51.0 Å². The standard InChI is InChI=1S/C12H21Cl2NO3/c1-5-15(12(16)11(13)14)6-10-17-8(3)7(2)9(4)18-10/h7-11H,5-6H2,1-4H3. The van der Waals surface area contributed by atoms with E-state index in [1.165, 1.54) is 0 Å². The number of hydrogen-bond acceptors (Lipinski definition) is 3. The molecule has 2 unspecified atom stereocenters. The highest BCUT2D eigenvalue weighted by molar-refractivity contribution is 6.53. The van der Waals surface area contributed by atoms with E-state index in [1.807, 2.05) is 20.8 Å². The summed E-state index contributed by atoms with van der Waals surface area (Å²) in [7, 11) is 0. The summed E-state index contributed by atoms with van der Waals surface area (Å²) in [6.07, 6.45) is -0.201. The average Bonchev–Trinajstić information content (AvgIpc) is 2.31. The summed E-state index contributed by atoms with van der Waals surface area (Å²) in [5, 5.41) is 0. The molecule has 0 saturated carbocycles. The van der Waals surface area contributed by atoms with Crippen molar-refractivity contribution in [1.29, 1.82) is 0 Å². The Kier molecular flexibility index (Phi) is 6.18. The third kappa shape index (κ3) is 3.98. The van der Waals surface area contributed by atoms with Gasteiger partial charge < -0.3 is 14.4 Å². The molecule has 2 atom stereocenters. The Morgan fingerprint density at radius 3 is 2.11 bits per heavy atom. The second-order valence-electron chi connectivity index (χ2n) is 4.65. The van der Waals surface area contributed by atoms with Crippen molar-refractivity contribution < 1.29 is 14.3 Å². The van der Waals surface area contributed by atoms with Crippen LogP contribution in [0.2, 0.25) is 0 Å². The molecule has 1 fully saturated rings. The number of carbonyl (C=O) groups excluding carboxylic acids is 1. The van der Waals surface area contributed by atoms with Crippen LogP contribution < -0.4 is 0 Å². The zero-order valence-corrected chi connectivity index (χ0v) is 12.7. The Morgan fingerprint density at radius 1 is 1.22 bits per heavy atom. The van der Waals surface area contributed by atoms with Gasteiger partial charge in [-0.2, -0.15) is 0 Å². The van der Waals surface area contributed by atoms with Crippen LogP contribution >= 0.6 is 23.2 Å². The van der Waals surface area contributed by atoms with Crippen LogP contribution in [0.5, 0.6) is 0 Å². The van der Waals surface area contributed by atoms with E-state index in [9.17, 15) is 4.79 Å². The highest BCUT2D eigenvalue weighted by Gasteiger charge is 2.33. The molecular weight excluding hydrogens is 277 g/mol. The first-order chi connectivity index (χ1) is 8.36. The summed E-state index contributed by atoms with van der Waals surface area (Å²) in [5.41, 5.74) is 0. The van der Waals surface area contributed by atoms with E-state index in [-0.39, 0.29) is 18.1 Å². The summed E-state index contributed by atoms with van der Waals surface area (Å²) < 4.78 is 11.5. The highest BCUT2D eigenvalue weighted by atomic mass is 35.5. The minimum absolute atomic E-state index is 0.107. The van der Waals surface area contributed by atoms with Crippen molar-refractivity contribution in [3.05, 3.63) is 0 Å². The van der Waals surface area contributed by atoms with Crippen molar-refractivity contribution in [2.75, 3.05) is 13.1 Å². The molecule has 0 aliphatic carbocycles. The zero-order valence-electron chi connectivity index (χ0n) is 11.2. The molecule has 1 heterocycles. The van der Waals surface area contributed by atoms with Gasteiger partial charge in [0.15, 0.2) is 11.1 Å². The van der Waals surface area contributed by atoms with E-state index in [1.54, 1.807) is 4.90 Å². The topological polar surface area (TPSA) is 38.8 Å². The summed E-state index contributed by atoms with van der Waals surface area (Å²) >= 11 is 11.2. The number of nitrogens with zero attached hydrogens (tertiary/aromatic N) is 1. The van der Waals surface area contributed by atoms with Crippen molar-refractivity contribution >= 4 is 29.1 Å². The van der Waals surface area contributed by atoms with Crippen LogP contribution in [0.15, 0.2) is 0 Å². The van der Waals surface area contributed by atoms with E-state index < -0.39 is 11.1 Å². The molecule has 106 valence electrons. The van der Waals surface area contributed by atoms with E-state index in [0.717, 1.165) is 0 Å². The number of rotatable bonds is 4. The highest BCUT2D eigenvalue weighted by Crippen LogP contribution is 2.24. The molecule has 1 amide bonds. The predicted octanol–water partition coefficient (Wildman–Crippen LogP) is 2.42. The first-order valence-corrected chi connectivity index (χ1v) is 7.12. The summed E-state index contributed by atoms with van der Waals surface area (Å²) in [4.78, 5) is 12.2. The first-order valence-electron chi connectivity index (χ1n) is 6.24. The Bertz CT molecular complexity index is 276. The number of hydrogen-bond donors (Lipinski definition) is 0. The fraction of sp³-hybridized carbons (Fsp3) is 0.917. The van der Waals surface area contributed by atoms with Crippen molar-refractivity contribution in [1.82, 2.24) is 4.90 Å². The Morgan fingerprint density at radius 2 is 1.72 bits per heavy atom. The van der Waals surface area contributed by atoms with Crippen LogP contribution in [0.4, 0.5) is 0 Å². The Hall–Kier alpha value is -0.0300. The molecule has 4 nitrogen and oxygen atoms in total. The molecule has 0 spiro atoms. The van der Waals surface area contributed by atoms with Gasteiger partial charge in [-0.3, -0.25) is 4.79 Å². The molecule has 1 aliphatic rings. The Labute approximate surface area is 119 Å². The SMILES string of the molecule is CCN(CC1OC(C)C(C)C(C)O1)C(=O)C(Cl)Cl. The number of ether oxygens (including phenoxy) is 2. The average molecular weight is 298 g/mol. The van der Waals surface area contributed by atoms with Gasteiger partial charge in [0.1, 0.15) is 0 Å². The molecule has 1 saturated heterocycles. The molecule has 6 heteroatoms. The zero-order chi connectivity index (χ0) is 13.9. The van der Waals surface area contributed by atoms with Gasteiger partial charge >= 0.3 is 0 Å². The minimum atomic E-state index is -1.04. The van der Waals surface area contributed by atoms with E-state index in [2.05, 4.69) is 6.92 Å². The Balaban J connectivity index is 2.58. The summed E-state index contributed by atoms with van der Waals surface area (Å²) in [6.45, 7) is 8.86. The quantitative estimate of drug-likeness (QED) is 0.748. The van der Waals surface area contributed by atoms with Crippen LogP contribution in [0.1, 0.15) is 27.7 Å². The lowest BCUT2D eigenvalue weighted by atomic mass is 9.99. The lowest BCUT2D eigenvalue weighted by molar-refractivity contribution is -0.260. The van der Waals surface area contributed by atoms with E-state index in [0.29, 0.717) is 19.0 Å². The number of likely N-dealkylation sites (N-methyl/N-ethyl adjacent to an activating group) is 1. The molecule has 0 N–H and O–H groups in total. The third-order valence-corrected chi connectivity index (χ3v) is 3.84. The molecule has 0 aromatic carbocycles. The predicted molar refractivity (Wildman–Crippen MR) is 71.8 cm³/mol. The van der Waals surface area contributed by atoms with Gasteiger partial charge in [-0.25, -0.2) is 0 Å². The molecule has 0 radical (unpaired) electrons. The van der Waals surface area contributed by atoms with Crippen LogP contribution in [0.3, 0.4) is 0 Å². The smallest absolute Gasteiger partial charge is 0.256 e. The van der Waals surface area contributed by atoms with Gasteiger partial charge in [0.2, 0.25) is 0 Å². The number of halogens is 2. The van der Waals surface area contributed by atoms with Crippen LogP contribution in [-0.4, -0.2) is 47.2 Å². The molecule has 0 aromatic rings. The van der Waals surface area contributed by atoms with E-state index >= 15 is 0 Å². The van der Waals surface area contributed by atoms with Crippen LogP contribution in [0, 0.1) is 5.92 Å². The maximum Gasteiger partial charge on any atom is 0.256 e. The van der Waals surface area contributed by atoms with Gasteiger partial charge in [0, 0.05) is 12.5 Å². The van der Waals surface area contributed by atoms with Gasteiger partial charge in [-0.05, 0) is 20.8 Å². The summed E-state index contributed by atoms with van der Waals surface area (Å²) in [5.74, 6) is 0.0211. The van der Waals surface area contributed by atoms with Gasteiger partial charge in [0.05, 0.1) is 18.8 Å². The number of alkyl halides is 2. The second kappa shape index (κ2) is 6.94. The number of carbonyl (C=O) groups is 1. The molecule has 18 heavy (non-hydrogen) atoms. The lowest BCUT2D eigenvalue weighted by Crippen LogP contribution is -2.49. The minimum Gasteiger partial charge on any atom is -0.347 e. The van der Waals surface area contributed by atoms with Gasteiger partial charge in [-0.1, -0.05) is 30.1 Å². The third-order valence-electron chi connectivity index (χ3n) is 3.46. The van der Waals surface area contributed by atoms with Crippen molar-refractivity contribution in [3.8, 4) is 0 Å². The van der Waals surface area contributed by atoms with Crippen molar-refractivity contribution in [2.24, 2.45) is 5.92 Å². The normalized spacial score (nSPS) is 32.6. The van der Waals surface area contributed by atoms with Gasteiger partial charge in [-0.15, -0.1) is 0 Å². The first kappa shape index (κ1) is 16.0. The monoisotopic (exact) mass is 297 g/mol. The lowest BCUT2D eigenvalue weighted by Gasteiger charge is -2.39. The maximum atomic E-state index is 11.7. The fourth-order valence-corrected chi connectivity index (χ4v) is 2.20. The summed E-state index contributed by atoms with van der Waals surface area (Å²) in [6, 6.07) is 0. The molecule has 0 bridgehead atoms. The molecular formula is C12H21Cl2NO3. The van der Waals surface area contributed by atoms with E-state index in [4.69, 9.17) is 32.7 Å². The van der Waals surface area contributed by atoms with Crippen LogP contribution in [-0.2, 0) is 14.3 Å². The van der Waals surface area contributed by atoms with Crippen LogP contribution in [0.25, 0.3) is 0 Å². The molecule has 1 rings (SSSR count). The fourth-order valence-electron chi connectivity index (χ4n) is 1.92. The number of amides is 1.